The first-order valence-electron chi connectivity index (χ1n) is 5.50. The Balaban J connectivity index is 3.60. The van der Waals surface area contributed by atoms with Crippen molar-refractivity contribution >= 4 is 21.5 Å². The van der Waals surface area contributed by atoms with Crippen LogP contribution in [0.25, 0.3) is 0 Å². The molecular weight excluding hydrogens is 234 g/mol. The first-order chi connectivity index (χ1) is 7.77. The molecule has 4 heteroatoms. The molecule has 1 rings (SSSR count). The molecule has 0 aliphatic heterocycles. The van der Waals surface area contributed by atoms with Gasteiger partial charge in [0, 0.05) is 12.7 Å². The van der Waals surface area contributed by atoms with Gasteiger partial charge in [0.25, 0.3) is 0 Å². The summed E-state index contributed by atoms with van der Waals surface area (Å²) in [6.07, 6.45) is 0. The standard InChI is InChI=1S/C13H19NO2S/c1-8-9(2)11(4)13(12(5)10(8)3)14(6)7-17(15)16/h7H,1-6H3. The summed E-state index contributed by atoms with van der Waals surface area (Å²) in [5, 5.41) is 0. The van der Waals surface area contributed by atoms with Crippen LogP contribution >= 0.6 is 0 Å². The maximum absolute atomic E-state index is 10.7. The number of anilines is 1. The van der Waals surface area contributed by atoms with Crippen molar-refractivity contribution in [1.82, 2.24) is 0 Å². The molecule has 0 heterocycles. The van der Waals surface area contributed by atoms with Crippen LogP contribution < -0.4 is 4.90 Å². The van der Waals surface area contributed by atoms with Crippen molar-refractivity contribution in [3.05, 3.63) is 27.8 Å². The van der Waals surface area contributed by atoms with E-state index in [1.165, 1.54) is 22.2 Å². The fraction of sp³-hybridized carbons (Fsp3) is 0.462. The number of hydrogen-bond acceptors (Lipinski definition) is 2. The molecule has 17 heavy (non-hydrogen) atoms. The monoisotopic (exact) mass is 253 g/mol. The van der Waals surface area contributed by atoms with Crippen LogP contribution in [0.2, 0.25) is 0 Å². The van der Waals surface area contributed by atoms with Gasteiger partial charge in [-0.2, -0.15) is 8.42 Å². The Bertz CT molecular complexity index is 549. The molecule has 3 nitrogen and oxygen atoms in total. The van der Waals surface area contributed by atoms with Gasteiger partial charge in [0.2, 0.25) is 10.3 Å². The van der Waals surface area contributed by atoms with Crippen LogP contribution in [-0.2, 0) is 10.3 Å². The third kappa shape index (κ3) is 2.52. The van der Waals surface area contributed by atoms with E-state index in [2.05, 4.69) is 20.8 Å². The molecule has 0 radical (unpaired) electrons. The van der Waals surface area contributed by atoms with Crippen LogP contribution in [0.5, 0.6) is 0 Å². The van der Waals surface area contributed by atoms with Gasteiger partial charge in [-0.1, -0.05) is 0 Å². The number of rotatable bonds is 2. The minimum Gasteiger partial charge on any atom is -0.338 e. The molecule has 0 amide bonds. The molecule has 0 unspecified atom stereocenters. The summed E-state index contributed by atoms with van der Waals surface area (Å²) in [6, 6.07) is 0. The summed E-state index contributed by atoms with van der Waals surface area (Å²) in [5.41, 5.74) is 8.17. The quantitative estimate of drug-likeness (QED) is 0.759. The zero-order valence-electron chi connectivity index (χ0n) is 11.2. The summed E-state index contributed by atoms with van der Waals surface area (Å²) in [7, 11) is -0.417. The highest BCUT2D eigenvalue weighted by molar-refractivity contribution is 7.71. The molecule has 0 aromatic heterocycles. The molecule has 94 valence electrons. The molecule has 1 aromatic carbocycles. The summed E-state index contributed by atoms with van der Waals surface area (Å²) in [5.74, 6) is 0. The van der Waals surface area contributed by atoms with Crippen LogP contribution in [0.4, 0.5) is 5.69 Å². The van der Waals surface area contributed by atoms with Gasteiger partial charge in [0.15, 0.2) is 0 Å². The topological polar surface area (TPSA) is 37.4 Å². The molecular formula is C13H19NO2S. The molecule has 0 aliphatic rings. The second kappa shape index (κ2) is 4.92. The van der Waals surface area contributed by atoms with E-state index in [1.54, 1.807) is 11.9 Å². The lowest BCUT2D eigenvalue weighted by atomic mass is 9.92. The van der Waals surface area contributed by atoms with E-state index in [9.17, 15) is 8.42 Å². The normalized spacial score (nSPS) is 10.2. The molecule has 1 aromatic rings. The highest BCUT2D eigenvalue weighted by Crippen LogP contribution is 2.31. The highest BCUT2D eigenvalue weighted by atomic mass is 32.2. The van der Waals surface area contributed by atoms with Gasteiger partial charge in [-0.3, -0.25) is 0 Å². The van der Waals surface area contributed by atoms with Crippen LogP contribution in [-0.4, -0.2) is 21.0 Å². The second-order valence-electron chi connectivity index (χ2n) is 4.45. The van der Waals surface area contributed by atoms with E-state index < -0.39 is 10.3 Å². The van der Waals surface area contributed by atoms with Crippen LogP contribution in [0.3, 0.4) is 0 Å². The molecule has 0 saturated heterocycles. The second-order valence-corrected chi connectivity index (χ2v) is 5.18. The smallest absolute Gasteiger partial charge is 0.230 e. The Morgan fingerprint density at radius 1 is 0.824 bits per heavy atom. The van der Waals surface area contributed by atoms with E-state index in [0.717, 1.165) is 16.8 Å². The van der Waals surface area contributed by atoms with Gasteiger partial charge < -0.3 is 4.90 Å². The average molecular weight is 253 g/mol. The Kier molecular flexibility index (Phi) is 3.98. The molecule has 0 bridgehead atoms. The summed E-state index contributed by atoms with van der Waals surface area (Å²) < 4.78 is 21.5. The molecule has 0 atom stereocenters. The van der Waals surface area contributed by atoms with E-state index in [4.69, 9.17) is 0 Å². The average Bonchev–Trinajstić information content (AvgIpc) is 2.23. The Morgan fingerprint density at radius 2 is 1.18 bits per heavy atom. The minimum absolute atomic E-state index is 0.981. The Hall–Kier alpha value is -1.29. The summed E-state index contributed by atoms with van der Waals surface area (Å²) in [6.45, 7) is 10.3. The molecule has 0 N–H and O–H groups in total. The summed E-state index contributed by atoms with van der Waals surface area (Å²) in [4.78, 5) is 1.67. The predicted octanol–water partition coefficient (Wildman–Crippen LogP) is 2.30. The maximum Gasteiger partial charge on any atom is 0.230 e. The van der Waals surface area contributed by atoms with Crippen molar-refractivity contribution in [1.29, 1.82) is 0 Å². The van der Waals surface area contributed by atoms with Gasteiger partial charge in [-0.25, -0.2) is 0 Å². The minimum atomic E-state index is -2.18. The van der Waals surface area contributed by atoms with E-state index in [1.807, 2.05) is 13.8 Å². The molecule has 0 spiro atoms. The number of nitrogens with zero attached hydrogens (tertiary/aromatic N) is 1. The number of benzene rings is 1. The zero-order valence-corrected chi connectivity index (χ0v) is 12.1. The number of hydrogen-bond donors (Lipinski definition) is 0. The first-order valence-corrected chi connectivity index (χ1v) is 6.64. The Labute approximate surface area is 105 Å². The van der Waals surface area contributed by atoms with Crippen LogP contribution in [0.15, 0.2) is 0 Å². The van der Waals surface area contributed by atoms with Gasteiger partial charge in [-0.05, 0) is 62.4 Å². The van der Waals surface area contributed by atoms with Gasteiger partial charge in [0.1, 0.15) is 5.49 Å². The lowest BCUT2D eigenvalue weighted by Gasteiger charge is -2.23. The third-order valence-corrected chi connectivity index (χ3v) is 4.05. The fourth-order valence-electron chi connectivity index (χ4n) is 2.19. The lowest BCUT2D eigenvalue weighted by Crippen LogP contribution is -2.18. The van der Waals surface area contributed by atoms with Gasteiger partial charge in [-0.15, -0.1) is 0 Å². The lowest BCUT2D eigenvalue weighted by molar-refractivity contribution is 0.627. The van der Waals surface area contributed by atoms with Crippen molar-refractivity contribution in [3.63, 3.8) is 0 Å². The first kappa shape index (κ1) is 13.8. The van der Waals surface area contributed by atoms with Crippen molar-refractivity contribution < 1.29 is 8.42 Å². The van der Waals surface area contributed by atoms with Gasteiger partial charge in [0.05, 0.1) is 0 Å². The third-order valence-electron chi connectivity index (χ3n) is 3.56. The van der Waals surface area contributed by atoms with Crippen molar-refractivity contribution in [2.24, 2.45) is 0 Å². The van der Waals surface area contributed by atoms with Gasteiger partial charge >= 0.3 is 0 Å². The Morgan fingerprint density at radius 3 is 1.53 bits per heavy atom. The summed E-state index contributed by atoms with van der Waals surface area (Å²) >= 11 is 0. The van der Waals surface area contributed by atoms with Crippen molar-refractivity contribution in [2.45, 2.75) is 34.6 Å². The van der Waals surface area contributed by atoms with E-state index in [-0.39, 0.29) is 0 Å². The molecule has 0 saturated carbocycles. The predicted molar refractivity (Wildman–Crippen MR) is 73.5 cm³/mol. The van der Waals surface area contributed by atoms with Crippen molar-refractivity contribution in [3.8, 4) is 0 Å². The molecule has 0 aliphatic carbocycles. The van der Waals surface area contributed by atoms with E-state index >= 15 is 0 Å². The van der Waals surface area contributed by atoms with Crippen LogP contribution in [0.1, 0.15) is 27.8 Å². The van der Waals surface area contributed by atoms with Crippen LogP contribution in [0, 0.1) is 34.6 Å². The zero-order chi connectivity index (χ0) is 13.3. The largest absolute Gasteiger partial charge is 0.338 e. The van der Waals surface area contributed by atoms with Crippen molar-refractivity contribution in [2.75, 3.05) is 11.9 Å². The molecule has 0 fully saturated rings. The maximum atomic E-state index is 10.7. The van der Waals surface area contributed by atoms with E-state index in [0.29, 0.717) is 0 Å². The SMILES string of the molecule is Cc1c(C)c(C)c(N(C)C=S(=O)=O)c(C)c1C. The fourth-order valence-corrected chi connectivity index (χ4v) is 2.55. The highest BCUT2D eigenvalue weighted by Gasteiger charge is 2.14.